The van der Waals surface area contributed by atoms with E-state index in [-0.39, 0.29) is 17.9 Å². The number of hydrogen-bond acceptors (Lipinski definition) is 5. The van der Waals surface area contributed by atoms with Gasteiger partial charge in [0.15, 0.2) is 5.82 Å². The minimum atomic E-state index is -0.0550. The van der Waals surface area contributed by atoms with E-state index in [9.17, 15) is 4.79 Å². The summed E-state index contributed by atoms with van der Waals surface area (Å²) in [6.07, 6.45) is 7.84. The van der Waals surface area contributed by atoms with Gasteiger partial charge in [0.25, 0.3) is 0 Å². The zero-order valence-electron chi connectivity index (χ0n) is 14.9. The van der Waals surface area contributed by atoms with Gasteiger partial charge in [-0.05, 0) is 31.6 Å². The Morgan fingerprint density at radius 1 is 1.29 bits per heavy atom. The fraction of sp³-hybridized carbons (Fsp3) is 0.833. The number of nitrogens with zero attached hydrogens (tertiary/aromatic N) is 3. The fourth-order valence-corrected chi connectivity index (χ4v) is 3.71. The third kappa shape index (κ3) is 4.15. The molecule has 0 bridgehead atoms. The summed E-state index contributed by atoms with van der Waals surface area (Å²) in [5.74, 6) is 2.15. The molecule has 0 N–H and O–H groups in total. The highest BCUT2D eigenvalue weighted by atomic mass is 16.5. The van der Waals surface area contributed by atoms with Crippen LogP contribution in [0.2, 0.25) is 0 Å². The van der Waals surface area contributed by atoms with Gasteiger partial charge in [-0.3, -0.25) is 4.79 Å². The Hall–Kier alpha value is -1.43. The Labute approximate surface area is 143 Å². The van der Waals surface area contributed by atoms with E-state index in [2.05, 4.69) is 10.1 Å². The maximum absolute atomic E-state index is 12.3. The van der Waals surface area contributed by atoms with Gasteiger partial charge >= 0.3 is 0 Å². The second kappa shape index (κ2) is 8.10. The highest BCUT2D eigenvalue weighted by molar-refractivity contribution is 5.78. The van der Waals surface area contributed by atoms with Gasteiger partial charge in [0.05, 0.1) is 6.61 Å². The molecule has 1 amide bonds. The highest BCUT2D eigenvalue weighted by Gasteiger charge is 2.34. The molecule has 1 aliphatic heterocycles. The Bertz CT molecular complexity index is 537. The summed E-state index contributed by atoms with van der Waals surface area (Å²) in [7, 11) is 0. The summed E-state index contributed by atoms with van der Waals surface area (Å²) in [4.78, 5) is 18.7. The first-order chi connectivity index (χ1) is 11.6. The lowest BCUT2D eigenvalue weighted by atomic mass is 10.1. The van der Waals surface area contributed by atoms with E-state index < -0.39 is 0 Å². The molecule has 1 unspecified atom stereocenters. The van der Waals surface area contributed by atoms with Crippen molar-refractivity contribution in [3.05, 3.63) is 11.7 Å². The number of carbonyl (C=O) groups is 1. The third-order valence-corrected chi connectivity index (χ3v) is 5.10. The third-order valence-electron chi connectivity index (χ3n) is 5.10. The highest BCUT2D eigenvalue weighted by Crippen LogP contribution is 2.32. The summed E-state index contributed by atoms with van der Waals surface area (Å²) in [5.41, 5.74) is 0. The molecule has 1 aromatic rings. The van der Waals surface area contributed by atoms with Gasteiger partial charge in [-0.1, -0.05) is 31.8 Å². The van der Waals surface area contributed by atoms with Gasteiger partial charge in [0.1, 0.15) is 6.04 Å². The lowest BCUT2D eigenvalue weighted by Crippen LogP contribution is -2.33. The summed E-state index contributed by atoms with van der Waals surface area (Å²) in [5, 5.41) is 4.06. The van der Waals surface area contributed by atoms with Gasteiger partial charge in [-0.25, -0.2) is 0 Å². The lowest BCUT2D eigenvalue weighted by molar-refractivity contribution is -0.135. The van der Waals surface area contributed by atoms with Crippen molar-refractivity contribution in [1.82, 2.24) is 15.0 Å². The van der Waals surface area contributed by atoms with Crippen molar-refractivity contribution in [2.45, 2.75) is 64.8 Å². The average Bonchev–Trinajstić information content (AvgIpc) is 3.30. The molecule has 3 rings (SSSR count). The molecule has 1 atom stereocenters. The van der Waals surface area contributed by atoms with Crippen LogP contribution in [0.5, 0.6) is 0 Å². The molecule has 6 nitrogen and oxygen atoms in total. The van der Waals surface area contributed by atoms with Crippen LogP contribution >= 0.6 is 0 Å². The lowest BCUT2D eigenvalue weighted by Gasteiger charge is -2.23. The zero-order valence-corrected chi connectivity index (χ0v) is 14.9. The van der Waals surface area contributed by atoms with Gasteiger partial charge in [-0.15, -0.1) is 0 Å². The molecule has 1 aromatic heterocycles. The summed E-state index contributed by atoms with van der Waals surface area (Å²) < 4.78 is 11.2. The molecule has 0 radical (unpaired) electrons. The van der Waals surface area contributed by atoms with Gasteiger partial charge < -0.3 is 14.2 Å². The smallest absolute Gasteiger partial charge is 0.249 e. The Morgan fingerprint density at radius 2 is 2.08 bits per heavy atom. The SMILES string of the molecule is CC(C)C(=O)N1CCCC1c1nc(CCOCC2CCCC2)no1. The Balaban J connectivity index is 1.48. The number of rotatable bonds is 7. The molecule has 1 saturated heterocycles. The Kier molecular flexibility index (Phi) is 5.87. The van der Waals surface area contributed by atoms with Crippen LogP contribution in [0.4, 0.5) is 0 Å². The van der Waals surface area contributed by atoms with Crippen molar-refractivity contribution in [2.24, 2.45) is 11.8 Å². The van der Waals surface area contributed by atoms with E-state index >= 15 is 0 Å². The molecule has 0 aromatic carbocycles. The molecular weight excluding hydrogens is 306 g/mol. The minimum absolute atomic E-state index is 0.00280. The minimum Gasteiger partial charge on any atom is -0.381 e. The van der Waals surface area contributed by atoms with E-state index in [4.69, 9.17) is 9.26 Å². The quantitative estimate of drug-likeness (QED) is 0.716. The van der Waals surface area contributed by atoms with Crippen LogP contribution in [0.25, 0.3) is 0 Å². The van der Waals surface area contributed by atoms with E-state index in [1.807, 2.05) is 18.7 Å². The summed E-state index contributed by atoms with van der Waals surface area (Å²) in [6, 6.07) is -0.0550. The monoisotopic (exact) mass is 335 g/mol. The molecule has 6 heteroatoms. The second-order valence-electron chi connectivity index (χ2n) is 7.37. The topological polar surface area (TPSA) is 68.5 Å². The van der Waals surface area contributed by atoms with Crippen LogP contribution in [0.3, 0.4) is 0 Å². The van der Waals surface area contributed by atoms with Crippen molar-refractivity contribution in [3.63, 3.8) is 0 Å². The largest absolute Gasteiger partial charge is 0.381 e. The standard InChI is InChI=1S/C18H29N3O3/c1-13(2)18(22)21-10-5-8-15(21)17-19-16(20-24-17)9-11-23-12-14-6-3-4-7-14/h13-15H,3-12H2,1-2H3. The second-order valence-corrected chi connectivity index (χ2v) is 7.37. The number of likely N-dealkylation sites (tertiary alicyclic amines) is 1. The first kappa shape index (κ1) is 17.4. The molecule has 2 heterocycles. The molecule has 24 heavy (non-hydrogen) atoms. The molecule has 134 valence electrons. The molecule has 1 aliphatic carbocycles. The van der Waals surface area contributed by atoms with Crippen molar-refractivity contribution in [1.29, 1.82) is 0 Å². The van der Waals surface area contributed by atoms with Crippen LogP contribution in [-0.2, 0) is 16.0 Å². The van der Waals surface area contributed by atoms with E-state index in [0.29, 0.717) is 24.7 Å². The first-order valence-corrected chi connectivity index (χ1v) is 9.36. The van der Waals surface area contributed by atoms with Crippen LogP contribution < -0.4 is 0 Å². The van der Waals surface area contributed by atoms with Gasteiger partial charge in [0, 0.05) is 25.5 Å². The van der Waals surface area contributed by atoms with E-state index in [0.717, 1.165) is 31.9 Å². The van der Waals surface area contributed by atoms with E-state index in [1.165, 1.54) is 25.7 Å². The predicted molar refractivity (Wildman–Crippen MR) is 89.3 cm³/mol. The molecular formula is C18H29N3O3. The fourth-order valence-electron chi connectivity index (χ4n) is 3.71. The number of ether oxygens (including phenoxy) is 1. The number of carbonyl (C=O) groups excluding carboxylic acids is 1. The number of aromatic nitrogens is 2. The number of hydrogen-bond donors (Lipinski definition) is 0. The van der Waals surface area contributed by atoms with Crippen molar-refractivity contribution in [3.8, 4) is 0 Å². The van der Waals surface area contributed by atoms with Gasteiger partial charge in [-0.2, -0.15) is 4.98 Å². The zero-order chi connectivity index (χ0) is 16.9. The maximum atomic E-state index is 12.3. The average molecular weight is 335 g/mol. The molecule has 1 saturated carbocycles. The first-order valence-electron chi connectivity index (χ1n) is 9.36. The van der Waals surface area contributed by atoms with Crippen LogP contribution in [0, 0.1) is 11.8 Å². The molecule has 2 aliphatic rings. The van der Waals surface area contributed by atoms with Crippen LogP contribution in [-0.4, -0.2) is 40.7 Å². The van der Waals surface area contributed by atoms with Crippen molar-refractivity contribution in [2.75, 3.05) is 19.8 Å². The van der Waals surface area contributed by atoms with Gasteiger partial charge in [0.2, 0.25) is 11.8 Å². The maximum Gasteiger partial charge on any atom is 0.249 e. The molecule has 2 fully saturated rings. The predicted octanol–water partition coefficient (Wildman–Crippen LogP) is 3.14. The Morgan fingerprint density at radius 3 is 2.83 bits per heavy atom. The summed E-state index contributed by atoms with van der Waals surface area (Å²) >= 11 is 0. The van der Waals surface area contributed by atoms with Crippen molar-refractivity contribution < 1.29 is 14.1 Å². The molecule has 0 spiro atoms. The van der Waals surface area contributed by atoms with E-state index in [1.54, 1.807) is 0 Å². The normalized spacial score (nSPS) is 22.0. The van der Waals surface area contributed by atoms with Crippen LogP contribution in [0.1, 0.15) is 70.1 Å². The summed E-state index contributed by atoms with van der Waals surface area (Å²) in [6.45, 7) is 6.12. The van der Waals surface area contributed by atoms with Crippen molar-refractivity contribution >= 4 is 5.91 Å². The van der Waals surface area contributed by atoms with Crippen LogP contribution in [0.15, 0.2) is 4.52 Å². The number of amides is 1.